The van der Waals surface area contributed by atoms with E-state index in [0.717, 1.165) is 5.75 Å². The summed E-state index contributed by atoms with van der Waals surface area (Å²) in [5.41, 5.74) is 1.21. The van der Waals surface area contributed by atoms with E-state index in [-0.39, 0.29) is 6.61 Å². The average molecular weight is 197 g/mol. The van der Waals surface area contributed by atoms with Gasteiger partial charge in [0.05, 0.1) is 0 Å². The van der Waals surface area contributed by atoms with Gasteiger partial charge in [-0.2, -0.15) is 0 Å². The highest BCUT2D eigenvalue weighted by Gasteiger charge is 2.02. The van der Waals surface area contributed by atoms with Crippen LogP contribution in [0.1, 0.15) is 12.5 Å². The Kier molecular flexibility index (Phi) is 4.25. The predicted molar refractivity (Wildman–Crippen MR) is 55.9 cm³/mol. The van der Waals surface area contributed by atoms with Gasteiger partial charge in [0.1, 0.15) is 0 Å². The zero-order valence-electron chi connectivity index (χ0n) is 8.03. The first-order valence-corrected chi connectivity index (χ1v) is 5.37. The molecule has 1 heterocycles. The molecule has 1 unspecified atom stereocenters. The van der Waals surface area contributed by atoms with Crippen molar-refractivity contribution in [1.29, 1.82) is 0 Å². The number of thioether (sulfide) groups is 1. The van der Waals surface area contributed by atoms with E-state index in [2.05, 4.69) is 11.9 Å². The van der Waals surface area contributed by atoms with E-state index in [1.807, 2.05) is 19.2 Å². The Hall–Kier alpha value is -0.540. The Morgan fingerprint density at radius 3 is 3.00 bits per heavy atom. The highest BCUT2D eigenvalue weighted by molar-refractivity contribution is 7.99. The number of aromatic nitrogens is 1. The van der Waals surface area contributed by atoms with Crippen molar-refractivity contribution in [2.45, 2.75) is 18.7 Å². The third-order valence-electron chi connectivity index (χ3n) is 1.80. The minimum absolute atomic E-state index is 0.261. The minimum atomic E-state index is 0.261. The lowest BCUT2D eigenvalue weighted by atomic mass is 10.2. The van der Waals surface area contributed by atoms with Crippen molar-refractivity contribution < 1.29 is 5.11 Å². The minimum Gasteiger partial charge on any atom is -0.396 e. The molecule has 0 aromatic carbocycles. The molecule has 1 aromatic rings. The first kappa shape index (κ1) is 10.5. The van der Waals surface area contributed by atoms with Crippen LogP contribution in [0.4, 0.5) is 0 Å². The third kappa shape index (κ3) is 3.36. The van der Waals surface area contributed by atoms with Gasteiger partial charge in [0.25, 0.3) is 0 Å². The van der Waals surface area contributed by atoms with Crippen LogP contribution in [0.5, 0.6) is 0 Å². The van der Waals surface area contributed by atoms with E-state index in [1.165, 1.54) is 10.5 Å². The van der Waals surface area contributed by atoms with E-state index in [9.17, 15) is 0 Å². The van der Waals surface area contributed by atoms with E-state index in [4.69, 9.17) is 5.11 Å². The molecule has 2 nitrogen and oxygen atoms in total. The number of aryl methyl sites for hydroxylation is 1. The molecule has 0 bridgehead atoms. The van der Waals surface area contributed by atoms with Crippen LogP contribution in [0, 0.1) is 12.8 Å². The second kappa shape index (κ2) is 5.25. The fourth-order valence-electron chi connectivity index (χ4n) is 0.907. The molecule has 3 heteroatoms. The molecule has 0 spiro atoms. The summed E-state index contributed by atoms with van der Waals surface area (Å²) in [7, 11) is 0. The number of aliphatic hydroxyl groups is 1. The normalized spacial score (nSPS) is 12.8. The Bertz CT molecular complexity index is 265. The fourth-order valence-corrected chi connectivity index (χ4v) is 1.91. The van der Waals surface area contributed by atoms with Crippen molar-refractivity contribution in [3.05, 3.63) is 24.0 Å². The van der Waals surface area contributed by atoms with Crippen LogP contribution in [-0.2, 0) is 0 Å². The standard InChI is InChI=1S/C10H15NOS/c1-8(6-12)7-13-10-3-4-11-5-9(10)2/h3-5,8,12H,6-7H2,1-2H3. The molecular formula is C10H15NOS. The average Bonchev–Trinajstić information content (AvgIpc) is 2.16. The summed E-state index contributed by atoms with van der Waals surface area (Å²) in [4.78, 5) is 5.29. The van der Waals surface area contributed by atoms with Crippen LogP contribution in [0.25, 0.3) is 0 Å². The van der Waals surface area contributed by atoms with Gasteiger partial charge < -0.3 is 5.11 Å². The van der Waals surface area contributed by atoms with Crippen molar-refractivity contribution in [1.82, 2.24) is 4.98 Å². The number of aliphatic hydroxyl groups excluding tert-OH is 1. The Morgan fingerprint density at radius 1 is 1.62 bits per heavy atom. The van der Waals surface area contributed by atoms with Gasteiger partial charge in [0.15, 0.2) is 0 Å². The molecule has 13 heavy (non-hydrogen) atoms. The number of pyridine rings is 1. The van der Waals surface area contributed by atoms with Gasteiger partial charge in [-0.3, -0.25) is 4.98 Å². The summed E-state index contributed by atoms with van der Waals surface area (Å²) in [6.45, 7) is 4.36. The largest absolute Gasteiger partial charge is 0.396 e. The van der Waals surface area contributed by atoms with Crippen molar-refractivity contribution in [3.63, 3.8) is 0 Å². The number of hydrogen-bond donors (Lipinski definition) is 1. The smallest absolute Gasteiger partial charge is 0.0464 e. The SMILES string of the molecule is Cc1cnccc1SCC(C)CO. The molecule has 0 aliphatic rings. The third-order valence-corrected chi connectivity index (χ3v) is 3.31. The van der Waals surface area contributed by atoms with Gasteiger partial charge in [-0.1, -0.05) is 6.92 Å². The molecule has 1 atom stereocenters. The molecule has 1 aromatic heterocycles. The van der Waals surface area contributed by atoms with Crippen molar-refractivity contribution in [2.24, 2.45) is 5.92 Å². The zero-order valence-corrected chi connectivity index (χ0v) is 8.84. The number of rotatable bonds is 4. The monoisotopic (exact) mass is 197 g/mol. The van der Waals surface area contributed by atoms with Crippen LogP contribution in [0.2, 0.25) is 0 Å². The van der Waals surface area contributed by atoms with Gasteiger partial charge in [-0.05, 0) is 24.5 Å². The molecule has 72 valence electrons. The van der Waals surface area contributed by atoms with Gasteiger partial charge in [-0.25, -0.2) is 0 Å². The molecule has 1 N–H and O–H groups in total. The van der Waals surface area contributed by atoms with E-state index >= 15 is 0 Å². The summed E-state index contributed by atoms with van der Waals surface area (Å²) < 4.78 is 0. The molecule has 0 saturated heterocycles. The number of nitrogens with zero attached hydrogens (tertiary/aromatic N) is 1. The Balaban J connectivity index is 2.50. The van der Waals surface area contributed by atoms with Gasteiger partial charge in [-0.15, -0.1) is 11.8 Å². The second-order valence-electron chi connectivity index (χ2n) is 3.24. The first-order valence-electron chi connectivity index (χ1n) is 4.38. The van der Waals surface area contributed by atoms with Crippen molar-refractivity contribution in [3.8, 4) is 0 Å². The Labute approximate surface area is 83.4 Å². The van der Waals surface area contributed by atoms with E-state index < -0.39 is 0 Å². The predicted octanol–water partition coefficient (Wildman–Crippen LogP) is 2.11. The lowest BCUT2D eigenvalue weighted by molar-refractivity contribution is 0.250. The van der Waals surface area contributed by atoms with Gasteiger partial charge >= 0.3 is 0 Å². The highest BCUT2D eigenvalue weighted by atomic mass is 32.2. The quantitative estimate of drug-likeness (QED) is 0.750. The van der Waals surface area contributed by atoms with E-state index in [1.54, 1.807) is 18.0 Å². The summed E-state index contributed by atoms with van der Waals surface area (Å²) in [6.07, 6.45) is 3.67. The lowest BCUT2D eigenvalue weighted by Gasteiger charge is -2.08. The van der Waals surface area contributed by atoms with Crippen molar-refractivity contribution >= 4 is 11.8 Å². The highest BCUT2D eigenvalue weighted by Crippen LogP contribution is 2.22. The van der Waals surface area contributed by atoms with Gasteiger partial charge in [0, 0.05) is 29.6 Å². The van der Waals surface area contributed by atoms with Crippen LogP contribution in [0.3, 0.4) is 0 Å². The van der Waals surface area contributed by atoms with Crippen LogP contribution in [-0.4, -0.2) is 22.5 Å². The summed E-state index contributed by atoms with van der Waals surface area (Å²) in [5.74, 6) is 1.32. The molecule has 0 amide bonds. The topological polar surface area (TPSA) is 33.1 Å². The molecule has 0 aliphatic heterocycles. The summed E-state index contributed by atoms with van der Waals surface area (Å²) in [5, 5.41) is 8.86. The molecule has 0 radical (unpaired) electrons. The molecular weight excluding hydrogens is 182 g/mol. The summed E-state index contributed by atoms with van der Waals surface area (Å²) in [6, 6.07) is 2.02. The maximum absolute atomic E-state index is 8.86. The lowest BCUT2D eigenvalue weighted by Crippen LogP contribution is -2.03. The van der Waals surface area contributed by atoms with Crippen LogP contribution < -0.4 is 0 Å². The van der Waals surface area contributed by atoms with Gasteiger partial charge in [0.2, 0.25) is 0 Å². The second-order valence-corrected chi connectivity index (χ2v) is 4.30. The first-order chi connectivity index (χ1) is 6.24. The maximum atomic E-state index is 8.86. The molecule has 0 fully saturated rings. The van der Waals surface area contributed by atoms with Crippen LogP contribution in [0.15, 0.2) is 23.4 Å². The number of hydrogen-bond acceptors (Lipinski definition) is 3. The molecule has 1 rings (SSSR count). The maximum Gasteiger partial charge on any atom is 0.0464 e. The molecule has 0 saturated carbocycles. The Morgan fingerprint density at radius 2 is 2.38 bits per heavy atom. The zero-order chi connectivity index (χ0) is 9.68. The van der Waals surface area contributed by atoms with Crippen molar-refractivity contribution in [2.75, 3.05) is 12.4 Å². The fraction of sp³-hybridized carbons (Fsp3) is 0.500. The van der Waals surface area contributed by atoms with Crippen LogP contribution >= 0.6 is 11.8 Å². The van der Waals surface area contributed by atoms with E-state index in [0.29, 0.717) is 5.92 Å². The molecule has 0 aliphatic carbocycles. The summed E-state index contributed by atoms with van der Waals surface area (Å²) >= 11 is 1.78.